The number of aromatic nitrogens is 2. The Morgan fingerprint density at radius 2 is 1.54 bits per heavy atom. The molecule has 2 amide bonds. The van der Waals surface area contributed by atoms with E-state index in [2.05, 4.69) is 20.6 Å². The minimum absolute atomic E-state index is 0.235. The molecule has 0 radical (unpaired) electrons. The number of hydrogen-bond acceptors (Lipinski definition) is 5. The van der Waals surface area contributed by atoms with Crippen LogP contribution in [0.15, 0.2) is 54.6 Å². The number of amides is 2. The van der Waals surface area contributed by atoms with Crippen LogP contribution in [0.2, 0.25) is 0 Å². The van der Waals surface area contributed by atoms with Crippen molar-refractivity contribution < 1.29 is 14.3 Å². The largest absolute Gasteiger partial charge is 0.494 e. The lowest BCUT2D eigenvalue weighted by Crippen LogP contribution is -2.21. The van der Waals surface area contributed by atoms with Crippen molar-refractivity contribution >= 4 is 17.4 Å². The first kappa shape index (κ1) is 19.2. The SMILES string of the molecule is CCOc1ccc(NC(=O)Nc2c(C)nc(Oc3ccccc3)nc2C)cc1. The van der Waals surface area contributed by atoms with Gasteiger partial charge in [0.2, 0.25) is 0 Å². The summed E-state index contributed by atoms with van der Waals surface area (Å²) in [5.41, 5.74) is 2.42. The Hall–Kier alpha value is -3.61. The molecule has 2 N–H and O–H groups in total. The molecule has 0 saturated carbocycles. The van der Waals surface area contributed by atoms with Gasteiger partial charge in [0.15, 0.2) is 0 Å². The van der Waals surface area contributed by atoms with Crippen molar-refractivity contribution in [2.45, 2.75) is 20.8 Å². The summed E-state index contributed by atoms with van der Waals surface area (Å²) in [7, 11) is 0. The number of anilines is 2. The van der Waals surface area contributed by atoms with E-state index in [0.717, 1.165) is 5.75 Å². The van der Waals surface area contributed by atoms with Gasteiger partial charge in [-0.2, -0.15) is 9.97 Å². The fraction of sp³-hybridized carbons (Fsp3) is 0.190. The molecule has 0 aliphatic rings. The van der Waals surface area contributed by atoms with E-state index in [1.165, 1.54) is 0 Å². The van der Waals surface area contributed by atoms with Crippen LogP contribution in [0.1, 0.15) is 18.3 Å². The first-order valence-electron chi connectivity index (χ1n) is 8.94. The molecule has 0 bridgehead atoms. The molecule has 144 valence electrons. The van der Waals surface area contributed by atoms with E-state index in [1.54, 1.807) is 38.1 Å². The van der Waals surface area contributed by atoms with Crippen LogP contribution in [0.5, 0.6) is 17.5 Å². The second-order valence-electron chi connectivity index (χ2n) is 6.00. The summed E-state index contributed by atoms with van der Waals surface area (Å²) in [5.74, 6) is 1.40. The summed E-state index contributed by atoms with van der Waals surface area (Å²) in [6, 6.07) is 16.3. The second kappa shape index (κ2) is 8.85. The zero-order chi connectivity index (χ0) is 19.9. The highest BCUT2D eigenvalue weighted by Crippen LogP contribution is 2.23. The van der Waals surface area contributed by atoms with Crippen LogP contribution in [0, 0.1) is 13.8 Å². The first-order chi connectivity index (χ1) is 13.5. The molecule has 0 aliphatic heterocycles. The minimum Gasteiger partial charge on any atom is -0.494 e. The van der Waals surface area contributed by atoms with Crippen molar-refractivity contribution in [3.05, 3.63) is 66.0 Å². The van der Waals surface area contributed by atoms with E-state index in [9.17, 15) is 4.79 Å². The van der Waals surface area contributed by atoms with E-state index in [0.29, 0.717) is 35.1 Å². The normalized spacial score (nSPS) is 10.2. The number of ether oxygens (including phenoxy) is 2. The number of hydrogen-bond donors (Lipinski definition) is 2. The number of benzene rings is 2. The average Bonchev–Trinajstić information content (AvgIpc) is 2.67. The molecule has 3 aromatic rings. The van der Waals surface area contributed by atoms with E-state index in [4.69, 9.17) is 9.47 Å². The molecule has 0 spiro atoms. The monoisotopic (exact) mass is 378 g/mol. The van der Waals surface area contributed by atoms with Crippen LogP contribution >= 0.6 is 0 Å². The lowest BCUT2D eigenvalue weighted by Gasteiger charge is -2.13. The highest BCUT2D eigenvalue weighted by Gasteiger charge is 2.13. The Morgan fingerprint density at radius 3 is 2.14 bits per heavy atom. The van der Waals surface area contributed by atoms with Gasteiger partial charge in [0, 0.05) is 5.69 Å². The Bertz CT molecular complexity index is 921. The summed E-state index contributed by atoms with van der Waals surface area (Å²) in [6.45, 7) is 6.09. The molecular formula is C21H22N4O3. The third-order valence-electron chi connectivity index (χ3n) is 3.86. The van der Waals surface area contributed by atoms with Crippen molar-refractivity contribution in [3.63, 3.8) is 0 Å². The van der Waals surface area contributed by atoms with Gasteiger partial charge in [0.05, 0.1) is 23.7 Å². The number of nitrogens with one attached hydrogen (secondary N) is 2. The summed E-state index contributed by atoms with van der Waals surface area (Å²) >= 11 is 0. The van der Waals surface area contributed by atoms with Crippen molar-refractivity contribution in [1.29, 1.82) is 0 Å². The van der Waals surface area contributed by atoms with Gasteiger partial charge in [-0.1, -0.05) is 18.2 Å². The molecule has 7 nitrogen and oxygen atoms in total. The van der Waals surface area contributed by atoms with Gasteiger partial charge in [0.25, 0.3) is 0 Å². The number of carbonyl (C=O) groups is 1. The predicted molar refractivity (Wildman–Crippen MR) is 108 cm³/mol. The molecule has 1 aromatic heterocycles. The highest BCUT2D eigenvalue weighted by atomic mass is 16.5. The van der Waals surface area contributed by atoms with Gasteiger partial charge >= 0.3 is 12.0 Å². The van der Waals surface area contributed by atoms with Crippen molar-refractivity contribution in [1.82, 2.24) is 9.97 Å². The molecule has 2 aromatic carbocycles. The van der Waals surface area contributed by atoms with Crippen LogP contribution in [0.3, 0.4) is 0 Å². The molecule has 7 heteroatoms. The van der Waals surface area contributed by atoms with Crippen molar-refractivity contribution in [2.75, 3.05) is 17.2 Å². The van der Waals surface area contributed by atoms with Gasteiger partial charge < -0.3 is 20.1 Å². The first-order valence-corrected chi connectivity index (χ1v) is 8.94. The Kier molecular flexibility index (Phi) is 6.06. The number of aryl methyl sites for hydroxylation is 2. The van der Waals surface area contributed by atoms with Gasteiger partial charge in [-0.3, -0.25) is 0 Å². The number of carbonyl (C=O) groups excluding carboxylic acids is 1. The van der Waals surface area contributed by atoms with Crippen LogP contribution < -0.4 is 20.1 Å². The Balaban J connectivity index is 1.67. The van der Waals surface area contributed by atoms with Gasteiger partial charge in [0.1, 0.15) is 11.5 Å². The molecule has 28 heavy (non-hydrogen) atoms. The molecule has 0 unspecified atom stereocenters. The van der Waals surface area contributed by atoms with Crippen molar-refractivity contribution in [2.24, 2.45) is 0 Å². The standard InChI is InChI=1S/C21H22N4O3/c1-4-27-17-12-10-16(11-13-17)24-20(26)25-19-14(2)22-21(23-15(19)3)28-18-8-6-5-7-9-18/h5-13H,4H2,1-3H3,(H2,24,25,26). The number of nitrogens with zero attached hydrogens (tertiary/aromatic N) is 2. The Labute approximate surface area is 163 Å². The van der Waals surface area contributed by atoms with Gasteiger partial charge in [-0.05, 0) is 57.2 Å². The van der Waals surface area contributed by atoms with E-state index in [1.807, 2.05) is 37.3 Å². The topological polar surface area (TPSA) is 85.4 Å². The van der Waals surface area contributed by atoms with E-state index >= 15 is 0 Å². The summed E-state index contributed by atoms with van der Waals surface area (Å²) in [4.78, 5) is 21.0. The fourth-order valence-corrected chi connectivity index (χ4v) is 2.58. The summed E-state index contributed by atoms with van der Waals surface area (Å²) in [5, 5.41) is 5.57. The molecule has 0 atom stereocenters. The van der Waals surface area contributed by atoms with E-state index < -0.39 is 0 Å². The zero-order valence-electron chi connectivity index (χ0n) is 16.0. The van der Waals surface area contributed by atoms with Crippen LogP contribution in [-0.4, -0.2) is 22.6 Å². The molecule has 3 rings (SSSR count). The quantitative estimate of drug-likeness (QED) is 0.635. The average molecular weight is 378 g/mol. The smallest absolute Gasteiger partial charge is 0.323 e. The number of urea groups is 1. The maximum atomic E-state index is 12.3. The summed E-state index contributed by atoms with van der Waals surface area (Å²) in [6.07, 6.45) is 0. The third kappa shape index (κ3) is 4.97. The van der Waals surface area contributed by atoms with Crippen LogP contribution in [-0.2, 0) is 0 Å². The van der Waals surface area contributed by atoms with Crippen LogP contribution in [0.4, 0.5) is 16.2 Å². The number of rotatable bonds is 6. The minimum atomic E-state index is -0.379. The summed E-state index contributed by atoms with van der Waals surface area (Å²) < 4.78 is 11.1. The Morgan fingerprint density at radius 1 is 0.893 bits per heavy atom. The maximum absolute atomic E-state index is 12.3. The lowest BCUT2D eigenvalue weighted by molar-refractivity contribution is 0.262. The highest BCUT2D eigenvalue weighted by molar-refractivity contribution is 6.00. The van der Waals surface area contributed by atoms with Gasteiger partial charge in [-0.25, -0.2) is 4.79 Å². The second-order valence-corrected chi connectivity index (χ2v) is 6.00. The van der Waals surface area contributed by atoms with Crippen LogP contribution in [0.25, 0.3) is 0 Å². The fourth-order valence-electron chi connectivity index (χ4n) is 2.58. The van der Waals surface area contributed by atoms with E-state index in [-0.39, 0.29) is 12.0 Å². The van der Waals surface area contributed by atoms with Crippen molar-refractivity contribution in [3.8, 4) is 17.5 Å². The molecule has 0 fully saturated rings. The van der Waals surface area contributed by atoms with Gasteiger partial charge in [-0.15, -0.1) is 0 Å². The third-order valence-corrected chi connectivity index (χ3v) is 3.86. The molecule has 0 aliphatic carbocycles. The zero-order valence-corrected chi connectivity index (χ0v) is 16.0. The number of para-hydroxylation sites is 1. The lowest BCUT2D eigenvalue weighted by atomic mass is 10.3. The predicted octanol–water partition coefficient (Wildman–Crippen LogP) is 4.93. The molecule has 1 heterocycles. The molecular weight excluding hydrogens is 356 g/mol. The maximum Gasteiger partial charge on any atom is 0.323 e. The molecule has 0 saturated heterocycles.